The monoisotopic (exact) mass is 418 g/mol. The van der Waals surface area contributed by atoms with Crippen molar-refractivity contribution in [3.05, 3.63) is 82.5 Å². The number of carbonyl (C=O) groups excluding carboxylic acids is 1. The minimum absolute atomic E-state index is 0.0314. The molecule has 150 valence electrons. The number of amides is 1. The van der Waals surface area contributed by atoms with E-state index < -0.39 is 5.97 Å². The van der Waals surface area contributed by atoms with E-state index in [0.717, 1.165) is 17.1 Å². The summed E-state index contributed by atoms with van der Waals surface area (Å²) in [5, 5.41) is 17.0. The van der Waals surface area contributed by atoms with Gasteiger partial charge in [0.2, 0.25) is 0 Å². The number of nitrogens with zero attached hydrogens (tertiary/aromatic N) is 3. The third kappa shape index (κ3) is 4.49. The van der Waals surface area contributed by atoms with Crippen LogP contribution in [-0.4, -0.2) is 31.9 Å². The molecule has 0 saturated carbocycles. The molecule has 1 aliphatic rings. The smallest absolute Gasteiger partial charge is 0.307 e. The molecule has 0 bridgehead atoms. The summed E-state index contributed by atoms with van der Waals surface area (Å²) in [7, 11) is 0. The molecule has 8 heteroatoms. The summed E-state index contributed by atoms with van der Waals surface area (Å²) in [6, 6.07) is 18.7. The van der Waals surface area contributed by atoms with E-state index in [0.29, 0.717) is 21.3 Å². The van der Waals surface area contributed by atoms with Crippen LogP contribution in [0.4, 0.5) is 5.69 Å². The standard InChI is InChI=1S/C22H18N4O3S/c1-14-11-17(25-26(14)18-5-3-2-4-6-18)13-19-21(29)24-22(30-19)23-16-9-7-15(8-10-16)12-20(27)28/h2-11,13H,12H2,1H3,(H,27,28)(H,23,24,29). The van der Waals surface area contributed by atoms with E-state index in [9.17, 15) is 9.59 Å². The summed E-state index contributed by atoms with van der Waals surface area (Å²) in [5.74, 6) is -1.20. The van der Waals surface area contributed by atoms with Gasteiger partial charge in [-0.15, -0.1) is 0 Å². The third-order valence-electron chi connectivity index (χ3n) is 4.37. The van der Waals surface area contributed by atoms with Gasteiger partial charge in [0.25, 0.3) is 5.91 Å². The Bertz CT molecular complexity index is 1160. The minimum atomic E-state index is -0.878. The molecule has 2 N–H and O–H groups in total. The minimum Gasteiger partial charge on any atom is -0.481 e. The van der Waals surface area contributed by atoms with Crippen molar-refractivity contribution in [2.75, 3.05) is 5.32 Å². The van der Waals surface area contributed by atoms with Gasteiger partial charge in [-0.05, 0) is 60.7 Å². The average molecular weight is 418 g/mol. The van der Waals surface area contributed by atoms with Gasteiger partial charge in [-0.3, -0.25) is 9.59 Å². The maximum Gasteiger partial charge on any atom is 0.307 e. The Morgan fingerprint density at radius 2 is 1.90 bits per heavy atom. The lowest BCUT2D eigenvalue weighted by Crippen LogP contribution is -2.05. The number of hydrogen-bond donors (Lipinski definition) is 2. The summed E-state index contributed by atoms with van der Waals surface area (Å²) in [6.45, 7) is 1.96. The number of thioether (sulfide) groups is 1. The van der Waals surface area contributed by atoms with E-state index in [4.69, 9.17) is 5.11 Å². The van der Waals surface area contributed by atoms with Crippen molar-refractivity contribution in [2.24, 2.45) is 4.99 Å². The van der Waals surface area contributed by atoms with Gasteiger partial charge in [-0.2, -0.15) is 10.1 Å². The number of para-hydroxylation sites is 1. The van der Waals surface area contributed by atoms with Crippen LogP contribution in [0.25, 0.3) is 11.8 Å². The predicted octanol–water partition coefficient (Wildman–Crippen LogP) is 3.89. The molecule has 0 unspecified atom stereocenters. The number of carbonyl (C=O) groups is 2. The summed E-state index contributed by atoms with van der Waals surface area (Å²) >= 11 is 1.24. The number of nitrogens with one attached hydrogen (secondary N) is 1. The number of aliphatic carboxylic acids is 1. The molecule has 2 heterocycles. The molecule has 2 aromatic carbocycles. The molecule has 0 atom stereocenters. The zero-order valence-electron chi connectivity index (χ0n) is 16.1. The number of hydrogen-bond acceptors (Lipinski definition) is 5. The number of carboxylic acids is 1. The maximum atomic E-state index is 12.3. The van der Waals surface area contributed by atoms with Crippen LogP contribution >= 0.6 is 11.8 Å². The molecule has 1 aromatic heterocycles. The Labute approximate surface area is 177 Å². The summed E-state index contributed by atoms with van der Waals surface area (Å²) < 4.78 is 1.83. The summed E-state index contributed by atoms with van der Waals surface area (Å²) in [6.07, 6.45) is 1.70. The lowest BCUT2D eigenvalue weighted by atomic mass is 10.1. The number of anilines is 1. The Morgan fingerprint density at radius 1 is 1.17 bits per heavy atom. The molecule has 30 heavy (non-hydrogen) atoms. The third-order valence-corrected chi connectivity index (χ3v) is 5.27. The quantitative estimate of drug-likeness (QED) is 0.610. The molecular weight excluding hydrogens is 400 g/mol. The fourth-order valence-electron chi connectivity index (χ4n) is 3.00. The Balaban J connectivity index is 1.46. The van der Waals surface area contributed by atoms with Gasteiger partial charge in [0.1, 0.15) is 0 Å². The molecule has 3 aromatic rings. The van der Waals surface area contributed by atoms with Crippen LogP contribution in [0, 0.1) is 6.92 Å². The van der Waals surface area contributed by atoms with Crippen molar-refractivity contribution in [3.63, 3.8) is 0 Å². The van der Waals surface area contributed by atoms with Crippen molar-refractivity contribution in [1.82, 2.24) is 9.78 Å². The first-order valence-electron chi connectivity index (χ1n) is 9.20. The fraction of sp³-hybridized carbons (Fsp3) is 0.0909. The van der Waals surface area contributed by atoms with Crippen LogP contribution in [0.3, 0.4) is 0 Å². The van der Waals surface area contributed by atoms with Crippen molar-refractivity contribution >= 4 is 40.6 Å². The van der Waals surface area contributed by atoms with Gasteiger partial charge in [0, 0.05) is 11.4 Å². The Hall–Kier alpha value is -3.65. The Kier molecular flexibility index (Phi) is 5.49. The number of aryl methyl sites for hydroxylation is 1. The zero-order chi connectivity index (χ0) is 21.1. The van der Waals surface area contributed by atoms with Gasteiger partial charge in [0.05, 0.1) is 22.7 Å². The van der Waals surface area contributed by atoms with E-state index in [1.54, 1.807) is 30.3 Å². The SMILES string of the molecule is Cc1cc(C=C2SC(Nc3ccc(CC(=O)O)cc3)=NC2=O)nn1-c1ccccc1. The number of carboxylic acid groups (broad SMARTS) is 1. The topological polar surface area (TPSA) is 96.6 Å². The van der Waals surface area contributed by atoms with E-state index in [-0.39, 0.29) is 12.3 Å². The second kappa shape index (κ2) is 8.38. The zero-order valence-corrected chi connectivity index (χ0v) is 16.9. The molecule has 0 aliphatic carbocycles. The van der Waals surface area contributed by atoms with E-state index in [1.165, 1.54) is 11.8 Å². The van der Waals surface area contributed by atoms with Gasteiger partial charge in [-0.1, -0.05) is 30.3 Å². The molecule has 0 saturated heterocycles. The predicted molar refractivity (Wildman–Crippen MR) is 118 cm³/mol. The molecule has 0 fully saturated rings. The first kappa shape index (κ1) is 19.7. The molecule has 0 spiro atoms. The number of rotatable bonds is 5. The fourth-order valence-corrected chi connectivity index (χ4v) is 3.82. The average Bonchev–Trinajstić information content (AvgIpc) is 3.25. The highest BCUT2D eigenvalue weighted by Crippen LogP contribution is 2.29. The van der Waals surface area contributed by atoms with Crippen molar-refractivity contribution in [2.45, 2.75) is 13.3 Å². The van der Waals surface area contributed by atoms with E-state index >= 15 is 0 Å². The largest absolute Gasteiger partial charge is 0.481 e. The van der Waals surface area contributed by atoms with Crippen LogP contribution < -0.4 is 5.32 Å². The molecule has 0 radical (unpaired) electrons. The highest BCUT2D eigenvalue weighted by molar-refractivity contribution is 8.18. The van der Waals surface area contributed by atoms with E-state index in [1.807, 2.05) is 48.0 Å². The van der Waals surface area contributed by atoms with Crippen LogP contribution in [0.1, 0.15) is 17.0 Å². The van der Waals surface area contributed by atoms with Crippen molar-refractivity contribution < 1.29 is 14.7 Å². The first-order chi connectivity index (χ1) is 14.5. The van der Waals surface area contributed by atoms with Crippen LogP contribution in [0.15, 0.2) is 70.6 Å². The number of benzene rings is 2. The summed E-state index contributed by atoms with van der Waals surface area (Å²) in [5.41, 5.74) is 4.03. The van der Waals surface area contributed by atoms with Crippen LogP contribution in [0.2, 0.25) is 0 Å². The van der Waals surface area contributed by atoms with Gasteiger partial charge >= 0.3 is 5.97 Å². The highest BCUT2D eigenvalue weighted by Gasteiger charge is 2.22. The molecule has 4 rings (SSSR count). The molecule has 1 aliphatic heterocycles. The lowest BCUT2D eigenvalue weighted by molar-refractivity contribution is -0.136. The van der Waals surface area contributed by atoms with Crippen molar-refractivity contribution in [1.29, 1.82) is 0 Å². The molecular formula is C22H18N4O3S. The lowest BCUT2D eigenvalue weighted by Gasteiger charge is -2.05. The maximum absolute atomic E-state index is 12.3. The van der Waals surface area contributed by atoms with Gasteiger partial charge in [0.15, 0.2) is 5.17 Å². The normalized spacial score (nSPS) is 14.8. The molecule has 7 nitrogen and oxygen atoms in total. The first-order valence-corrected chi connectivity index (χ1v) is 10.0. The van der Waals surface area contributed by atoms with Gasteiger partial charge < -0.3 is 10.4 Å². The number of aliphatic imine (C=N–C) groups is 1. The number of aromatic nitrogens is 2. The van der Waals surface area contributed by atoms with E-state index in [2.05, 4.69) is 15.4 Å². The van der Waals surface area contributed by atoms with Gasteiger partial charge in [-0.25, -0.2) is 4.68 Å². The summed E-state index contributed by atoms with van der Waals surface area (Å²) in [4.78, 5) is 27.6. The molecule has 1 amide bonds. The van der Waals surface area contributed by atoms with Crippen LogP contribution in [-0.2, 0) is 16.0 Å². The highest BCUT2D eigenvalue weighted by atomic mass is 32.2. The second-order valence-electron chi connectivity index (χ2n) is 6.68. The second-order valence-corrected chi connectivity index (χ2v) is 7.71. The Morgan fingerprint density at radius 3 is 2.60 bits per heavy atom. The van der Waals surface area contributed by atoms with Crippen molar-refractivity contribution in [3.8, 4) is 5.69 Å². The number of amidine groups is 1. The van der Waals surface area contributed by atoms with Crippen LogP contribution in [0.5, 0.6) is 0 Å².